The highest BCUT2D eigenvalue weighted by Crippen LogP contribution is 2.23. The molecular formula is C13H18FN3O. The lowest BCUT2D eigenvalue weighted by atomic mass is 10.0. The van der Waals surface area contributed by atoms with E-state index in [1.54, 1.807) is 17.9 Å². The van der Waals surface area contributed by atoms with Crippen molar-refractivity contribution in [3.8, 4) is 0 Å². The van der Waals surface area contributed by atoms with Gasteiger partial charge in [0.15, 0.2) is 0 Å². The zero-order valence-corrected chi connectivity index (χ0v) is 10.4. The second kappa shape index (κ2) is 5.46. The molecule has 1 aliphatic rings. The number of halogens is 1. The zero-order valence-electron chi connectivity index (χ0n) is 10.4. The first kappa shape index (κ1) is 13.0. The minimum Gasteiger partial charge on any atom is -0.332 e. The van der Waals surface area contributed by atoms with E-state index < -0.39 is 6.04 Å². The van der Waals surface area contributed by atoms with Crippen LogP contribution in [0.25, 0.3) is 0 Å². The summed E-state index contributed by atoms with van der Waals surface area (Å²) in [5.74, 6) is -0.378. The molecule has 1 heterocycles. The molecule has 3 N–H and O–H groups in total. The number of nitrogens with two attached hydrogens (primary N) is 1. The average molecular weight is 251 g/mol. The number of carbonyl (C=O) groups excluding carboxylic acids is 1. The summed E-state index contributed by atoms with van der Waals surface area (Å²) in [6, 6.07) is 5.69. The van der Waals surface area contributed by atoms with Gasteiger partial charge in [-0.15, -0.1) is 0 Å². The van der Waals surface area contributed by atoms with Gasteiger partial charge in [0, 0.05) is 19.6 Å². The summed E-state index contributed by atoms with van der Waals surface area (Å²) in [6.45, 7) is 3.64. The highest BCUT2D eigenvalue weighted by molar-refractivity contribution is 5.81. The van der Waals surface area contributed by atoms with Crippen molar-refractivity contribution in [3.63, 3.8) is 0 Å². The largest absolute Gasteiger partial charge is 0.332 e. The normalized spacial score (nSPS) is 21.7. The third-order valence-electron chi connectivity index (χ3n) is 3.15. The SMILES string of the molecule is C[C@@H](N)C(=O)N1CCNCC1c1cccc(F)c1. The van der Waals surface area contributed by atoms with Gasteiger partial charge in [0.05, 0.1) is 12.1 Å². The molecule has 0 aliphatic carbocycles. The molecule has 1 aromatic rings. The van der Waals surface area contributed by atoms with Crippen molar-refractivity contribution < 1.29 is 9.18 Å². The van der Waals surface area contributed by atoms with Crippen LogP contribution >= 0.6 is 0 Å². The van der Waals surface area contributed by atoms with E-state index >= 15 is 0 Å². The number of amides is 1. The smallest absolute Gasteiger partial charge is 0.239 e. The molecule has 18 heavy (non-hydrogen) atoms. The summed E-state index contributed by atoms with van der Waals surface area (Å²) in [5.41, 5.74) is 6.45. The fourth-order valence-corrected chi connectivity index (χ4v) is 2.24. The van der Waals surface area contributed by atoms with Crippen molar-refractivity contribution >= 4 is 5.91 Å². The van der Waals surface area contributed by atoms with Gasteiger partial charge in [-0.3, -0.25) is 4.79 Å². The quantitative estimate of drug-likeness (QED) is 0.811. The Bertz CT molecular complexity index is 436. The van der Waals surface area contributed by atoms with E-state index in [1.165, 1.54) is 12.1 Å². The lowest BCUT2D eigenvalue weighted by Crippen LogP contribution is -2.52. The molecule has 98 valence electrons. The molecule has 0 spiro atoms. The first-order chi connectivity index (χ1) is 8.59. The molecule has 0 aromatic heterocycles. The van der Waals surface area contributed by atoms with Crippen LogP contribution in [0.4, 0.5) is 4.39 Å². The van der Waals surface area contributed by atoms with Crippen LogP contribution < -0.4 is 11.1 Å². The second-order valence-electron chi connectivity index (χ2n) is 4.60. The molecule has 2 rings (SSSR count). The molecule has 2 atom stereocenters. The summed E-state index contributed by atoms with van der Waals surface area (Å²) < 4.78 is 13.3. The molecular weight excluding hydrogens is 233 g/mol. The van der Waals surface area contributed by atoms with E-state index in [-0.39, 0.29) is 17.8 Å². The third kappa shape index (κ3) is 2.68. The molecule has 1 aromatic carbocycles. The summed E-state index contributed by atoms with van der Waals surface area (Å²) in [5, 5.41) is 3.22. The van der Waals surface area contributed by atoms with E-state index in [1.807, 2.05) is 6.07 Å². The minimum atomic E-state index is -0.529. The Hall–Kier alpha value is -1.46. The predicted molar refractivity (Wildman–Crippen MR) is 67.4 cm³/mol. The van der Waals surface area contributed by atoms with E-state index in [4.69, 9.17) is 5.73 Å². The van der Waals surface area contributed by atoms with Crippen LogP contribution in [0, 0.1) is 5.82 Å². The maximum Gasteiger partial charge on any atom is 0.239 e. The van der Waals surface area contributed by atoms with Crippen molar-refractivity contribution in [1.82, 2.24) is 10.2 Å². The summed E-state index contributed by atoms with van der Waals surface area (Å²) in [6.07, 6.45) is 0. The van der Waals surface area contributed by atoms with Gasteiger partial charge < -0.3 is 16.0 Å². The highest BCUT2D eigenvalue weighted by Gasteiger charge is 2.29. The molecule has 1 aliphatic heterocycles. The monoisotopic (exact) mass is 251 g/mol. The van der Waals surface area contributed by atoms with Crippen LogP contribution in [0.5, 0.6) is 0 Å². The van der Waals surface area contributed by atoms with Gasteiger partial charge in [0.25, 0.3) is 0 Å². The Kier molecular flexibility index (Phi) is 3.93. The lowest BCUT2D eigenvalue weighted by molar-refractivity contribution is -0.135. The van der Waals surface area contributed by atoms with Crippen molar-refractivity contribution in [1.29, 1.82) is 0 Å². The number of rotatable bonds is 2. The average Bonchev–Trinajstić information content (AvgIpc) is 2.38. The van der Waals surface area contributed by atoms with Crippen molar-refractivity contribution in [2.75, 3.05) is 19.6 Å². The van der Waals surface area contributed by atoms with Gasteiger partial charge in [-0.1, -0.05) is 12.1 Å². The Morgan fingerprint density at radius 1 is 1.61 bits per heavy atom. The Morgan fingerprint density at radius 3 is 3.06 bits per heavy atom. The summed E-state index contributed by atoms with van der Waals surface area (Å²) in [7, 11) is 0. The second-order valence-corrected chi connectivity index (χ2v) is 4.60. The number of hydrogen-bond acceptors (Lipinski definition) is 3. The minimum absolute atomic E-state index is 0.0919. The van der Waals surface area contributed by atoms with Gasteiger partial charge >= 0.3 is 0 Å². The summed E-state index contributed by atoms with van der Waals surface area (Å²) >= 11 is 0. The predicted octanol–water partition coefficient (Wildman–Crippen LogP) is 0.646. The van der Waals surface area contributed by atoms with Crippen molar-refractivity contribution in [3.05, 3.63) is 35.6 Å². The third-order valence-corrected chi connectivity index (χ3v) is 3.15. The Balaban J connectivity index is 2.25. The Labute approximate surface area is 106 Å². The van der Waals surface area contributed by atoms with Gasteiger partial charge in [-0.25, -0.2) is 4.39 Å². The summed E-state index contributed by atoms with van der Waals surface area (Å²) in [4.78, 5) is 13.8. The molecule has 5 heteroatoms. The maximum absolute atomic E-state index is 13.3. The Morgan fingerprint density at radius 2 is 2.39 bits per heavy atom. The number of piperazine rings is 1. The fourth-order valence-electron chi connectivity index (χ4n) is 2.24. The van der Waals surface area contributed by atoms with Gasteiger partial charge in [0.1, 0.15) is 5.82 Å². The molecule has 0 bridgehead atoms. The van der Waals surface area contributed by atoms with E-state index in [0.29, 0.717) is 13.1 Å². The van der Waals surface area contributed by atoms with Gasteiger partial charge in [0.2, 0.25) is 5.91 Å². The zero-order chi connectivity index (χ0) is 13.1. The van der Waals surface area contributed by atoms with E-state index in [0.717, 1.165) is 12.1 Å². The standard InChI is InChI=1S/C13H18FN3O/c1-9(15)13(18)17-6-5-16-8-12(17)10-3-2-4-11(14)7-10/h2-4,7,9,12,16H,5-6,8,15H2,1H3/t9-,12?/m1/s1. The topological polar surface area (TPSA) is 58.4 Å². The van der Waals surface area contributed by atoms with Crippen LogP contribution in [0.15, 0.2) is 24.3 Å². The van der Waals surface area contributed by atoms with Crippen LogP contribution in [-0.4, -0.2) is 36.5 Å². The van der Waals surface area contributed by atoms with Crippen molar-refractivity contribution in [2.45, 2.75) is 19.0 Å². The van der Waals surface area contributed by atoms with Crippen LogP contribution in [-0.2, 0) is 4.79 Å². The molecule has 0 radical (unpaired) electrons. The first-order valence-electron chi connectivity index (χ1n) is 6.12. The number of benzene rings is 1. The van der Waals surface area contributed by atoms with E-state index in [9.17, 15) is 9.18 Å². The maximum atomic E-state index is 13.3. The van der Waals surface area contributed by atoms with Crippen LogP contribution in [0.2, 0.25) is 0 Å². The molecule has 4 nitrogen and oxygen atoms in total. The highest BCUT2D eigenvalue weighted by atomic mass is 19.1. The van der Waals surface area contributed by atoms with Gasteiger partial charge in [-0.2, -0.15) is 0 Å². The number of carbonyl (C=O) groups is 1. The van der Waals surface area contributed by atoms with E-state index in [2.05, 4.69) is 5.32 Å². The van der Waals surface area contributed by atoms with Gasteiger partial charge in [-0.05, 0) is 24.6 Å². The first-order valence-corrected chi connectivity index (χ1v) is 6.12. The fraction of sp³-hybridized carbons (Fsp3) is 0.462. The molecule has 1 fully saturated rings. The molecule has 1 amide bonds. The number of nitrogens with one attached hydrogen (secondary N) is 1. The molecule has 1 saturated heterocycles. The lowest BCUT2D eigenvalue weighted by Gasteiger charge is -2.37. The number of hydrogen-bond donors (Lipinski definition) is 2. The van der Waals surface area contributed by atoms with Crippen LogP contribution in [0.3, 0.4) is 0 Å². The van der Waals surface area contributed by atoms with Crippen LogP contribution in [0.1, 0.15) is 18.5 Å². The molecule has 1 unspecified atom stereocenters. The molecule has 0 saturated carbocycles. The number of nitrogens with zero attached hydrogens (tertiary/aromatic N) is 1. The van der Waals surface area contributed by atoms with Crippen molar-refractivity contribution in [2.24, 2.45) is 5.73 Å².